The molecule has 0 spiro atoms. The summed E-state index contributed by atoms with van der Waals surface area (Å²) in [5.74, 6) is 0. The third-order valence-electron chi connectivity index (χ3n) is 17.4. The molecule has 2 aliphatic heterocycles. The highest BCUT2D eigenvalue weighted by Crippen LogP contribution is 2.61. The van der Waals surface area contributed by atoms with Crippen molar-refractivity contribution in [2.24, 2.45) is 0 Å². The molecule has 0 saturated heterocycles. The van der Waals surface area contributed by atoms with Crippen LogP contribution >= 0.6 is 11.3 Å². The van der Waals surface area contributed by atoms with Gasteiger partial charge in [0.2, 0.25) is 0 Å². The van der Waals surface area contributed by atoms with Crippen molar-refractivity contribution in [1.29, 1.82) is 0 Å². The van der Waals surface area contributed by atoms with E-state index in [1.54, 1.807) is 0 Å². The van der Waals surface area contributed by atoms with Crippen LogP contribution in [0, 0.1) is 0 Å². The first-order valence-corrected chi connectivity index (χ1v) is 26.4. The highest BCUT2D eigenvalue weighted by atomic mass is 32.1. The average Bonchev–Trinajstić information content (AvgIpc) is 3.99. The zero-order valence-electron chi connectivity index (χ0n) is 43.1. The van der Waals surface area contributed by atoms with Gasteiger partial charge in [-0.2, -0.15) is 0 Å². The maximum atomic E-state index is 2.77. The van der Waals surface area contributed by atoms with Gasteiger partial charge in [0.1, 0.15) is 0 Å². The zero-order valence-corrected chi connectivity index (χ0v) is 43.9. The van der Waals surface area contributed by atoms with E-state index in [0.717, 1.165) is 0 Å². The van der Waals surface area contributed by atoms with Gasteiger partial charge >= 0.3 is 6.85 Å². The molecule has 10 aromatic rings. The molecule has 4 aliphatic rings. The minimum atomic E-state index is -0.253. The third kappa shape index (κ3) is 5.36. The highest BCUT2D eigenvalue weighted by molar-refractivity contribution is 7.26. The van der Waals surface area contributed by atoms with Crippen LogP contribution in [0.2, 0.25) is 0 Å². The van der Waals surface area contributed by atoms with Crippen LogP contribution in [0.3, 0.4) is 0 Å². The number of fused-ring (bicyclic) bond motifs is 19. The van der Waals surface area contributed by atoms with E-state index < -0.39 is 0 Å². The summed E-state index contributed by atoms with van der Waals surface area (Å²) < 4.78 is 5.40. The van der Waals surface area contributed by atoms with Gasteiger partial charge in [0.05, 0.1) is 11.0 Å². The molecule has 4 heterocycles. The van der Waals surface area contributed by atoms with Gasteiger partial charge in [0.25, 0.3) is 0 Å². The summed E-state index contributed by atoms with van der Waals surface area (Å²) in [7, 11) is 0. The largest absolute Gasteiger partial charge is 0.376 e. The summed E-state index contributed by atoms with van der Waals surface area (Å²) in [6, 6.07) is 53.3. The number of hydrogen-bond donors (Lipinski definition) is 0. The summed E-state index contributed by atoms with van der Waals surface area (Å²) in [6.45, 7) is 31.0. The molecular formula is C66H61BN2S. The fourth-order valence-corrected chi connectivity index (χ4v) is 14.8. The van der Waals surface area contributed by atoms with Crippen LogP contribution in [0.25, 0.3) is 81.0 Å². The highest BCUT2D eigenvalue weighted by Gasteiger charge is 2.51. The lowest BCUT2D eigenvalue weighted by Crippen LogP contribution is -2.60. The van der Waals surface area contributed by atoms with E-state index in [2.05, 4.69) is 233 Å². The Morgan fingerprint density at radius 1 is 0.471 bits per heavy atom. The Labute approximate surface area is 418 Å². The Balaban J connectivity index is 1.21. The minimum absolute atomic E-state index is 0.0196. The fraction of sp³-hybridized carbons (Fsp3) is 0.273. The van der Waals surface area contributed by atoms with Crippen LogP contribution in [0.1, 0.15) is 129 Å². The lowest BCUT2D eigenvalue weighted by Gasteiger charge is -2.43. The van der Waals surface area contributed by atoms with E-state index in [0.29, 0.717) is 0 Å². The predicted octanol–water partition coefficient (Wildman–Crippen LogP) is 16.9. The summed E-state index contributed by atoms with van der Waals surface area (Å²) in [6.07, 6.45) is 0. The lowest BCUT2D eigenvalue weighted by molar-refractivity contribution is 0.584. The monoisotopic (exact) mass is 924 g/mol. The van der Waals surface area contributed by atoms with Gasteiger partial charge in [-0.05, 0) is 149 Å². The quantitative estimate of drug-likeness (QED) is 0.149. The molecule has 0 N–H and O–H groups in total. The van der Waals surface area contributed by atoms with Crippen molar-refractivity contribution in [2.45, 2.75) is 117 Å². The van der Waals surface area contributed by atoms with Gasteiger partial charge in [-0.1, -0.05) is 169 Å². The van der Waals surface area contributed by atoms with Gasteiger partial charge < -0.3 is 9.38 Å². The van der Waals surface area contributed by atoms with E-state index in [1.165, 1.54) is 142 Å². The molecule has 0 fully saturated rings. The topological polar surface area (TPSA) is 8.17 Å². The Kier molecular flexibility index (Phi) is 8.10. The molecule has 70 heavy (non-hydrogen) atoms. The molecule has 344 valence electrons. The van der Waals surface area contributed by atoms with Crippen molar-refractivity contribution in [2.75, 3.05) is 4.81 Å². The molecule has 2 aliphatic carbocycles. The average molecular weight is 925 g/mol. The van der Waals surface area contributed by atoms with Gasteiger partial charge in [-0.3, -0.25) is 0 Å². The standard InChI is InChI=1S/C66H61BN2S/c1-62(2,3)36-22-26-39(27-23-36)69-52-33-43-40-28-24-38(64(7,8)9)31-48(40)65(10,11)49(43)32-46(52)57-56-42-19-14-16-20-47(42)66(12,13)59(56)58-45-30-37(63(4,5)6)25-29-51(45)68-53-34-44-41-18-15-17-21-54(41)70-55(44)35-50(53)67(69)60(57)61(58)68/h14-35H,1-13H3. The molecule has 0 unspecified atom stereocenters. The number of benzene rings is 8. The number of thiophene rings is 1. The summed E-state index contributed by atoms with van der Waals surface area (Å²) in [5.41, 5.74) is 26.9. The van der Waals surface area contributed by atoms with Gasteiger partial charge in [-0.15, -0.1) is 11.3 Å². The van der Waals surface area contributed by atoms with Gasteiger partial charge in [0, 0.05) is 64.4 Å². The molecule has 14 rings (SSSR count). The van der Waals surface area contributed by atoms with E-state index in [-0.39, 0.29) is 33.9 Å². The van der Waals surface area contributed by atoms with Crippen molar-refractivity contribution in [3.8, 4) is 39.1 Å². The molecule has 0 bridgehead atoms. The number of nitrogens with zero attached hydrogens (tertiary/aromatic N) is 2. The second-order valence-corrected chi connectivity index (χ2v) is 26.5. The van der Waals surface area contributed by atoms with Crippen LogP contribution in [-0.4, -0.2) is 11.4 Å². The smallest absolute Gasteiger partial charge is 0.333 e. The summed E-state index contributed by atoms with van der Waals surface area (Å²) >= 11 is 1.93. The second kappa shape index (κ2) is 13.3. The van der Waals surface area contributed by atoms with E-state index >= 15 is 0 Å². The van der Waals surface area contributed by atoms with E-state index in [9.17, 15) is 0 Å². The first-order chi connectivity index (χ1) is 33.1. The molecular weight excluding hydrogens is 864 g/mol. The maximum absolute atomic E-state index is 2.77. The number of rotatable bonds is 1. The van der Waals surface area contributed by atoms with Crippen LogP contribution in [0.5, 0.6) is 0 Å². The fourth-order valence-electron chi connectivity index (χ4n) is 13.6. The van der Waals surface area contributed by atoms with Gasteiger partial charge in [0.15, 0.2) is 0 Å². The molecule has 0 saturated carbocycles. The normalized spacial score (nSPS) is 16.0. The third-order valence-corrected chi connectivity index (χ3v) is 18.5. The molecule has 0 radical (unpaired) electrons. The SMILES string of the molecule is CC(C)(C)c1ccc(N2B3c4cc5sc6ccccc6c5cc4-n4c5ccc(C(C)(C)C)cc5c5c6c(c(c3c54)-c3cc4c(cc32)-c2ccc(C(C)(C)C)cc2C4(C)C)-c2ccccc2C6(C)C)cc1. The first-order valence-electron chi connectivity index (χ1n) is 25.6. The molecule has 0 amide bonds. The Bertz CT molecular complexity index is 4000. The van der Waals surface area contributed by atoms with Crippen molar-refractivity contribution in [3.05, 3.63) is 172 Å². The Morgan fingerprint density at radius 3 is 1.87 bits per heavy atom. The van der Waals surface area contributed by atoms with E-state index in [4.69, 9.17) is 0 Å². The predicted molar refractivity (Wildman–Crippen MR) is 304 cm³/mol. The Morgan fingerprint density at radius 2 is 1.13 bits per heavy atom. The van der Waals surface area contributed by atoms with Crippen LogP contribution in [0.15, 0.2) is 133 Å². The van der Waals surface area contributed by atoms with E-state index in [1.807, 2.05) is 11.3 Å². The van der Waals surface area contributed by atoms with Crippen LogP contribution in [0.4, 0.5) is 11.4 Å². The van der Waals surface area contributed by atoms with Crippen molar-refractivity contribution < 1.29 is 0 Å². The summed E-state index contributed by atoms with van der Waals surface area (Å²) in [4.78, 5) is 2.77. The molecule has 8 aromatic carbocycles. The zero-order chi connectivity index (χ0) is 48.5. The minimum Gasteiger partial charge on any atom is -0.376 e. The number of anilines is 2. The number of hydrogen-bond acceptors (Lipinski definition) is 2. The first kappa shape index (κ1) is 42.5. The number of aromatic nitrogens is 1. The molecule has 2 aromatic heterocycles. The van der Waals surface area contributed by atoms with Crippen molar-refractivity contribution in [3.63, 3.8) is 0 Å². The van der Waals surface area contributed by atoms with Crippen molar-refractivity contribution >= 4 is 82.5 Å². The molecule has 2 nitrogen and oxygen atoms in total. The van der Waals surface area contributed by atoms with Crippen LogP contribution < -0.4 is 15.7 Å². The Hall–Kier alpha value is -6.36. The van der Waals surface area contributed by atoms with Gasteiger partial charge in [-0.25, -0.2) is 0 Å². The second-order valence-electron chi connectivity index (χ2n) is 25.4. The summed E-state index contributed by atoms with van der Waals surface area (Å²) in [5, 5.41) is 5.44. The lowest BCUT2D eigenvalue weighted by atomic mass is 9.43. The maximum Gasteiger partial charge on any atom is 0.333 e. The van der Waals surface area contributed by atoms with Crippen molar-refractivity contribution in [1.82, 2.24) is 4.57 Å². The molecule has 4 heteroatoms. The molecule has 0 atom stereocenters. The van der Waals surface area contributed by atoms with Crippen LogP contribution in [-0.2, 0) is 27.1 Å².